The molecular formula is H4BrCl2FNNa3. The van der Waals surface area contributed by atoms with Gasteiger partial charge in [0.25, 0.3) is 0 Å². The molecule has 0 saturated carbocycles. The molecule has 4 N–H and O–H groups in total. The summed E-state index contributed by atoms with van der Waals surface area (Å²) in [4.78, 5) is 0. The molecule has 0 aliphatic heterocycles. The van der Waals surface area contributed by atoms with Crippen molar-refractivity contribution in [3.05, 3.63) is 0 Å². The molecule has 0 radical (unpaired) electrons. The summed E-state index contributed by atoms with van der Waals surface area (Å²) in [6, 6.07) is 0. The van der Waals surface area contributed by atoms with Crippen molar-refractivity contribution in [2.24, 2.45) is 0 Å². The second kappa shape index (κ2) is 69.5. The predicted octanol–water partition coefficient (Wildman–Crippen LogP) is -20.6. The molecule has 0 unspecified atom stereocenters. The van der Waals surface area contributed by atoms with E-state index in [1.807, 2.05) is 0 Å². The molecule has 0 atom stereocenters. The Bertz CT molecular complexity index is 17.2. The Morgan fingerprint density at radius 1 is 0.625 bits per heavy atom. The number of hydrogen-bond acceptors (Lipinski definition) is 0. The average molecular weight is 257 g/mol. The van der Waals surface area contributed by atoms with Crippen LogP contribution in [0.1, 0.15) is 0 Å². The van der Waals surface area contributed by atoms with Gasteiger partial charge in [0.1, 0.15) is 0 Å². The van der Waals surface area contributed by atoms with E-state index in [2.05, 4.69) is 0 Å². The number of hydrogen-bond donors (Lipinski definition) is 1. The van der Waals surface area contributed by atoms with Gasteiger partial charge in [-0.05, 0) is 0 Å². The first-order valence-corrected chi connectivity index (χ1v) is 0. The van der Waals surface area contributed by atoms with Crippen LogP contribution in [0, 0.1) is 0 Å². The topological polar surface area (TPSA) is 36.5 Å². The molecule has 0 rings (SSSR count). The summed E-state index contributed by atoms with van der Waals surface area (Å²) in [5.41, 5.74) is 0. The van der Waals surface area contributed by atoms with Crippen LogP contribution in [-0.4, -0.2) is 0 Å². The van der Waals surface area contributed by atoms with Crippen LogP contribution in [0.5, 0.6) is 0 Å². The van der Waals surface area contributed by atoms with Gasteiger partial charge < -0.3 is 52.7 Å². The van der Waals surface area contributed by atoms with Crippen molar-refractivity contribution in [3.63, 3.8) is 0 Å². The third-order valence-corrected chi connectivity index (χ3v) is 0. The number of quaternary nitrogens is 1. The summed E-state index contributed by atoms with van der Waals surface area (Å²) in [7, 11) is 0. The van der Waals surface area contributed by atoms with Crippen molar-refractivity contribution in [3.8, 4) is 0 Å². The average Bonchev–Trinajstić information content (AvgIpc) is 0. The molecule has 0 aromatic rings. The fraction of sp³-hybridized carbons (Fsp3) is 0. The molecule has 0 amide bonds. The second-order valence-electron chi connectivity index (χ2n) is 0. The summed E-state index contributed by atoms with van der Waals surface area (Å²) < 4.78 is 0. The van der Waals surface area contributed by atoms with Crippen molar-refractivity contribution in [2.75, 3.05) is 0 Å². The van der Waals surface area contributed by atoms with Gasteiger partial charge in [-0.2, -0.15) is 0 Å². The van der Waals surface area contributed by atoms with E-state index in [0.717, 1.165) is 0 Å². The SMILES string of the molecule is [Br-].[Cl-].[Cl-].[F-].[NH4+].[Na+].[Na+].[Na+]. The van der Waals surface area contributed by atoms with Crippen molar-refractivity contribution < 1.29 is 135 Å². The first-order valence-electron chi connectivity index (χ1n) is 0. The van der Waals surface area contributed by atoms with Crippen LogP contribution in [0.15, 0.2) is 0 Å². The molecule has 1 nitrogen and oxygen atoms in total. The van der Waals surface area contributed by atoms with Crippen LogP contribution < -0.4 is 141 Å². The summed E-state index contributed by atoms with van der Waals surface area (Å²) in [5, 5.41) is 0. The molecule has 0 aromatic heterocycles. The van der Waals surface area contributed by atoms with Gasteiger partial charge in [0, 0.05) is 0 Å². The molecule has 0 bridgehead atoms. The summed E-state index contributed by atoms with van der Waals surface area (Å²) >= 11 is 0. The zero-order valence-electron chi connectivity index (χ0n) is 5.51. The van der Waals surface area contributed by atoms with Crippen LogP contribution in [0.4, 0.5) is 0 Å². The van der Waals surface area contributed by atoms with E-state index >= 15 is 0 Å². The minimum absolute atomic E-state index is 0. The predicted molar refractivity (Wildman–Crippen MR) is 5.98 cm³/mol. The third-order valence-electron chi connectivity index (χ3n) is 0. The first-order chi connectivity index (χ1) is 0. The molecule has 0 saturated heterocycles. The zero-order chi connectivity index (χ0) is 0. The van der Waals surface area contributed by atoms with Crippen LogP contribution in [0.3, 0.4) is 0 Å². The maximum Gasteiger partial charge on any atom is 1.00 e. The molecule has 0 heterocycles. The van der Waals surface area contributed by atoms with E-state index in [1.165, 1.54) is 0 Å². The maximum absolute atomic E-state index is 0. The molecular weight excluding hydrogens is 253 g/mol. The van der Waals surface area contributed by atoms with E-state index in [0.29, 0.717) is 0 Å². The van der Waals surface area contributed by atoms with E-state index < -0.39 is 0 Å². The molecule has 0 aliphatic rings. The van der Waals surface area contributed by atoms with Crippen molar-refractivity contribution >= 4 is 0 Å². The van der Waals surface area contributed by atoms with Gasteiger partial charge >= 0.3 is 88.7 Å². The summed E-state index contributed by atoms with van der Waals surface area (Å²) in [6.45, 7) is 0. The second-order valence-corrected chi connectivity index (χ2v) is 0. The Kier molecular flexibility index (Phi) is 798. The zero-order valence-corrected chi connectivity index (χ0v) is 14.6. The molecule has 8 heavy (non-hydrogen) atoms. The van der Waals surface area contributed by atoms with Crippen LogP contribution in [0.2, 0.25) is 0 Å². The molecule has 0 aliphatic carbocycles. The van der Waals surface area contributed by atoms with Crippen LogP contribution >= 0.6 is 0 Å². The van der Waals surface area contributed by atoms with Gasteiger partial charge in [-0.3, -0.25) is 0 Å². The minimum Gasteiger partial charge on any atom is -1.00 e. The summed E-state index contributed by atoms with van der Waals surface area (Å²) in [5.74, 6) is 0. The summed E-state index contributed by atoms with van der Waals surface area (Å²) in [6.07, 6.45) is 0. The Labute approximate surface area is 138 Å². The Hall–Kier alpha value is 3.95. The number of halogens is 4. The number of rotatable bonds is 0. The van der Waals surface area contributed by atoms with Crippen molar-refractivity contribution in [2.45, 2.75) is 0 Å². The van der Waals surface area contributed by atoms with E-state index in [-0.39, 0.29) is 141 Å². The van der Waals surface area contributed by atoms with E-state index in [1.54, 1.807) is 0 Å². The van der Waals surface area contributed by atoms with E-state index in [4.69, 9.17) is 0 Å². The van der Waals surface area contributed by atoms with Crippen LogP contribution in [0.25, 0.3) is 0 Å². The maximum atomic E-state index is 0. The Balaban J connectivity index is 0. The monoisotopic (exact) mass is 255 g/mol. The van der Waals surface area contributed by atoms with Crippen molar-refractivity contribution in [1.82, 2.24) is 6.15 Å². The molecule has 8 heteroatoms. The minimum atomic E-state index is 0. The van der Waals surface area contributed by atoms with Gasteiger partial charge in [0.2, 0.25) is 0 Å². The van der Waals surface area contributed by atoms with Gasteiger partial charge in [0.05, 0.1) is 0 Å². The fourth-order valence-electron chi connectivity index (χ4n) is 0. The van der Waals surface area contributed by atoms with Crippen molar-refractivity contribution in [1.29, 1.82) is 0 Å². The quantitative estimate of drug-likeness (QED) is 0.418. The molecule has 0 fully saturated rings. The van der Waals surface area contributed by atoms with E-state index in [9.17, 15) is 0 Å². The Morgan fingerprint density at radius 3 is 0.625 bits per heavy atom. The van der Waals surface area contributed by atoms with Gasteiger partial charge in [-0.1, -0.05) is 0 Å². The molecule has 0 spiro atoms. The standard InChI is InChI=1S/BrH.2ClH.FH.H3N.3Na/h4*1H;1H3;;;/q;;;;;3*+1/p-3. The van der Waals surface area contributed by atoms with Gasteiger partial charge in [0.15, 0.2) is 0 Å². The largest absolute Gasteiger partial charge is 1.00 e. The van der Waals surface area contributed by atoms with Crippen LogP contribution in [-0.2, 0) is 0 Å². The third kappa shape index (κ3) is 51.1. The van der Waals surface area contributed by atoms with Gasteiger partial charge in [-0.25, -0.2) is 0 Å². The first kappa shape index (κ1) is 91.8. The fourth-order valence-corrected chi connectivity index (χ4v) is 0. The molecule has 0 aromatic carbocycles. The normalized spacial score (nSPS) is 0. The molecule has 40 valence electrons. The smallest absolute Gasteiger partial charge is 1.00 e. The Morgan fingerprint density at radius 2 is 0.625 bits per heavy atom. The van der Waals surface area contributed by atoms with Gasteiger partial charge in [-0.15, -0.1) is 0 Å².